The largest absolute Gasteiger partial charge is 0.313 e. The number of nitrogens with zero attached hydrogens (tertiary/aromatic N) is 1. The zero-order valence-corrected chi connectivity index (χ0v) is 12.7. The number of rotatable bonds is 7. The molecule has 1 saturated carbocycles. The molecule has 0 radical (unpaired) electrons. The van der Waals surface area contributed by atoms with Crippen molar-refractivity contribution in [3.05, 3.63) is 35.6 Å². The van der Waals surface area contributed by atoms with Crippen molar-refractivity contribution in [3.8, 4) is 0 Å². The van der Waals surface area contributed by atoms with E-state index in [9.17, 15) is 4.39 Å². The maximum atomic E-state index is 13.7. The van der Waals surface area contributed by atoms with Crippen molar-refractivity contribution >= 4 is 0 Å². The van der Waals surface area contributed by atoms with E-state index in [4.69, 9.17) is 0 Å². The second kappa shape index (κ2) is 7.75. The Balaban J connectivity index is 1.90. The van der Waals surface area contributed by atoms with Crippen LogP contribution in [0.25, 0.3) is 0 Å². The Morgan fingerprint density at radius 3 is 2.65 bits per heavy atom. The predicted octanol–water partition coefficient (Wildman–Crippen LogP) is 3.43. The van der Waals surface area contributed by atoms with Crippen molar-refractivity contribution in [1.29, 1.82) is 0 Å². The van der Waals surface area contributed by atoms with Gasteiger partial charge in [0.15, 0.2) is 0 Å². The summed E-state index contributed by atoms with van der Waals surface area (Å²) in [6.45, 7) is 4.85. The van der Waals surface area contributed by atoms with Crippen molar-refractivity contribution in [2.24, 2.45) is 5.92 Å². The Morgan fingerprint density at radius 2 is 2.00 bits per heavy atom. The van der Waals surface area contributed by atoms with E-state index >= 15 is 0 Å². The lowest BCUT2D eigenvalue weighted by Crippen LogP contribution is -2.43. The first-order valence-corrected chi connectivity index (χ1v) is 7.86. The van der Waals surface area contributed by atoms with Gasteiger partial charge < -0.3 is 10.2 Å². The first-order chi connectivity index (χ1) is 9.70. The van der Waals surface area contributed by atoms with Crippen LogP contribution in [-0.2, 0) is 6.54 Å². The lowest BCUT2D eigenvalue weighted by Gasteiger charge is -2.29. The lowest BCUT2D eigenvalue weighted by atomic mass is 9.97. The molecule has 1 unspecified atom stereocenters. The fourth-order valence-electron chi connectivity index (χ4n) is 3.32. The molecule has 1 aromatic rings. The topological polar surface area (TPSA) is 15.3 Å². The van der Waals surface area contributed by atoms with E-state index in [-0.39, 0.29) is 5.82 Å². The highest BCUT2D eigenvalue weighted by Gasteiger charge is 2.25. The molecule has 1 fully saturated rings. The molecule has 3 heteroatoms. The van der Waals surface area contributed by atoms with Gasteiger partial charge in [-0.25, -0.2) is 4.39 Å². The highest BCUT2D eigenvalue weighted by molar-refractivity contribution is 5.17. The third-order valence-electron chi connectivity index (χ3n) is 4.34. The van der Waals surface area contributed by atoms with E-state index < -0.39 is 0 Å². The maximum absolute atomic E-state index is 13.7. The second-order valence-electron chi connectivity index (χ2n) is 6.00. The first kappa shape index (κ1) is 15.5. The zero-order valence-electron chi connectivity index (χ0n) is 12.7. The summed E-state index contributed by atoms with van der Waals surface area (Å²) in [7, 11) is 2.09. The molecule has 0 heterocycles. The molecule has 0 aliphatic heterocycles. The van der Waals surface area contributed by atoms with Gasteiger partial charge in [0.05, 0.1) is 0 Å². The summed E-state index contributed by atoms with van der Waals surface area (Å²) in [6.07, 6.45) is 5.41. The van der Waals surface area contributed by atoms with Crippen LogP contribution in [-0.4, -0.2) is 31.1 Å². The SMILES string of the molecule is CCNC(CN(C)Cc1ccccc1F)C1CCCC1. The minimum Gasteiger partial charge on any atom is -0.313 e. The number of hydrogen-bond acceptors (Lipinski definition) is 2. The van der Waals surface area contributed by atoms with E-state index in [1.165, 1.54) is 25.7 Å². The minimum absolute atomic E-state index is 0.0970. The molecule has 0 amide bonds. The molecular formula is C17H27FN2. The number of halogens is 1. The Labute approximate surface area is 122 Å². The van der Waals surface area contributed by atoms with Crippen LogP contribution < -0.4 is 5.32 Å². The van der Waals surface area contributed by atoms with Crippen molar-refractivity contribution in [1.82, 2.24) is 10.2 Å². The summed E-state index contributed by atoms with van der Waals surface area (Å²) in [6, 6.07) is 7.62. The van der Waals surface area contributed by atoms with Crippen molar-refractivity contribution in [2.45, 2.75) is 45.2 Å². The summed E-state index contributed by atoms with van der Waals surface area (Å²) in [4.78, 5) is 2.24. The van der Waals surface area contributed by atoms with Crippen molar-refractivity contribution in [3.63, 3.8) is 0 Å². The smallest absolute Gasteiger partial charge is 0.127 e. The summed E-state index contributed by atoms with van der Waals surface area (Å²) in [5.74, 6) is 0.693. The number of likely N-dealkylation sites (N-methyl/N-ethyl adjacent to an activating group) is 2. The van der Waals surface area contributed by atoms with Gasteiger partial charge in [0.1, 0.15) is 5.82 Å². The fourth-order valence-corrected chi connectivity index (χ4v) is 3.32. The molecule has 1 atom stereocenters. The molecule has 112 valence electrons. The molecule has 1 aromatic carbocycles. The Morgan fingerprint density at radius 1 is 1.30 bits per heavy atom. The van der Waals surface area contributed by atoms with Crippen LogP contribution in [0, 0.1) is 11.7 Å². The van der Waals surface area contributed by atoms with Crippen LogP contribution in [0.5, 0.6) is 0 Å². The van der Waals surface area contributed by atoms with Crippen LogP contribution in [0.4, 0.5) is 4.39 Å². The Bertz CT molecular complexity index is 402. The Hall–Kier alpha value is -0.930. The monoisotopic (exact) mass is 278 g/mol. The van der Waals surface area contributed by atoms with E-state index in [1.54, 1.807) is 12.1 Å². The highest BCUT2D eigenvalue weighted by Crippen LogP contribution is 2.28. The summed E-state index contributed by atoms with van der Waals surface area (Å²) >= 11 is 0. The van der Waals surface area contributed by atoms with Gasteiger partial charge in [-0.05, 0) is 38.4 Å². The number of nitrogens with one attached hydrogen (secondary N) is 1. The molecule has 0 spiro atoms. The average Bonchev–Trinajstić information content (AvgIpc) is 2.95. The first-order valence-electron chi connectivity index (χ1n) is 7.86. The van der Waals surface area contributed by atoms with Gasteiger partial charge in [0.2, 0.25) is 0 Å². The molecule has 2 nitrogen and oxygen atoms in total. The standard InChI is InChI=1S/C17H27FN2/c1-3-19-17(14-8-4-5-9-14)13-20(2)12-15-10-6-7-11-16(15)18/h6-7,10-11,14,17,19H,3-5,8-9,12-13H2,1-2H3. The van der Waals surface area contributed by atoms with Gasteiger partial charge in [0, 0.05) is 24.7 Å². The second-order valence-corrected chi connectivity index (χ2v) is 6.00. The number of hydrogen-bond donors (Lipinski definition) is 1. The van der Waals surface area contributed by atoms with Gasteiger partial charge in [-0.1, -0.05) is 38.0 Å². The van der Waals surface area contributed by atoms with E-state index in [2.05, 4.69) is 24.2 Å². The molecule has 20 heavy (non-hydrogen) atoms. The lowest BCUT2D eigenvalue weighted by molar-refractivity contribution is 0.235. The van der Waals surface area contributed by atoms with Gasteiger partial charge in [-0.2, -0.15) is 0 Å². The molecular weight excluding hydrogens is 251 g/mol. The molecule has 0 saturated heterocycles. The van der Waals surface area contributed by atoms with Crippen LogP contribution in [0.1, 0.15) is 38.2 Å². The minimum atomic E-state index is -0.0970. The van der Waals surface area contributed by atoms with Crippen molar-refractivity contribution < 1.29 is 4.39 Å². The van der Waals surface area contributed by atoms with Crippen LogP contribution in [0.15, 0.2) is 24.3 Å². The maximum Gasteiger partial charge on any atom is 0.127 e. The van der Waals surface area contributed by atoms with Gasteiger partial charge in [-0.3, -0.25) is 0 Å². The van der Waals surface area contributed by atoms with Crippen LogP contribution >= 0.6 is 0 Å². The van der Waals surface area contributed by atoms with Crippen LogP contribution in [0.2, 0.25) is 0 Å². The predicted molar refractivity (Wildman–Crippen MR) is 82.2 cm³/mol. The van der Waals surface area contributed by atoms with E-state index in [0.29, 0.717) is 12.6 Å². The number of benzene rings is 1. The third-order valence-corrected chi connectivity index (χ3v) is 4.34. The zero-order chi connectivity index (χ0) is 14.4. The third kappa shape index (κ3) is 4.29. The normalized spacial score (nSPS) is 17.8. The summed E-state index contributed by atoms with van der Waals surface area (Å²) in [5.41, 5.74) is 0.789. The van der Waals surface area contributed by atoms with Gasteiger partial charge in [-0.15, -0.1) is 0 Å². The van der Waals surface area contributed by atoms with E-state index in [0.717, 1.165) is 24.6 Å². The summed E-state index contributed by atoms with van der Waals surface area (Å²) in [5, 5.41) is 3.62. The van der Waals surface area contributed by atoms with Crippen LogP contribution in [0.3, 0.4) is 0 Å². The fraction of sp³-hybridized carbons (Fsp3) is 0.647. The average molecular weight is 278 g/mol. The van der Waals surface area contributed by atoms with Crippen molar-refractivity contribution in [2.75, 3.05) is 20.1 Å². The molecule has 2 rings (SSSR count). The molecule has 1 N–H and O–H groups in total. The molecule has 0 bridgehead atoms. The molecule has 1 aliphatic carbocycles. The Kier molecular flexibility index (Phi) is 5.99. The van der Waals surface area contributed by atoms with Gasteiger partial charge >= 0.3 is 0 Å². The quantitative estimate of drug-likeness (QED) is 0.822. The molecule has 1 aliphatic rings. The molecule has 0 aromatic heterocycles. The highest BCUT2D eigenvalue weighted by atomic mass is 19.1. The van der Waals surface area contributed by atoms with E-state index in [1.807, 2.05) is 12.1 Å². The summed E-state index contributed by atoms with van der Waals surface area (Å²) < 4.78 is 13.7. The van der Waals surface area contributed by atoms with Gasteiger partial charge in [0.25, 0.3) is 0 Å².